The Morgan fingerprint density at radius 2 is 1.60 bits per heavy atom. The highest BCUT2D eigenvalue weighted by molar-refractivity contribution is 6.12. The molecule has 0 bridgehead atoms. The summed E-state index contributed by atoms with van der Waals surface area (Å²) in [7, 11) is 0. The second-order valence-electron chi connectivity index (χ2n) is 12.9. The molecule has 0 aliphatic carbocycles. The number of aliphatic hydroxyl groups excluding tert-OH is 3. The lowest BCUT2D eigenvalue weighted by molar-refractivity contribution is -0.215. The normalized spacial score (nSPS) is 22.0. The first kappa shape index (κ1) is 42.3. The predicted octanol–water partition coefficient (Wildman–Crippen LogP) is -0.505. The molecule has 1 aromatic carbocycles. The van der Waals surface area contributed by atoms with Gasteiger partial charge in [0.05, 0.1) is 0 Å². The molecule has 2 aliphatic rings. The number of aliphatic carboxylic acids is 1. The molecule has 7 N–H and O–H groups in total. The molecule has 1 fully saturated rings. The van der Waals surface area contributed by atoms with E-state index < -0.39 is 66.4 Å². The highest BCUT2D eigenvalue weighted by atomic mass is 16.6. The fourth-order valence-electron chi connectivity index (χ4n) is 5.29. The third-order valence-corrected chi connectivity index (χ3v) is 8.46. The molecule has 1 unspecified atom stereocenters. The van der Waals surface area contributed by atoms with E-state index in [1.165, 1.54) is 37.3 Å². The lowest BCUT2D eigenvalue weighted by Gasteiger charge is -2.36. The molecule has 2 aliphatic heterocycles. The van der Waals surface area contributed by atoms with Crippen LogP contribution in [0.5, 0.6) is 0 Å². The van der Waals surface area contributed by atoms with Crippen LogP contribution in [0.3, 0.4) is 0 Å². The van der Waals surface area contributed by atoms with Gasteiger partial charge >= 0.3 is 11.9 Å². The average Bonchev–Trinajstić information content (AvgIpc) is 3.43. The molecule has 0 radical (unpaired) electrons. The molecule has 7 atom stereocenters. The molecule has 3 rings (SSSR count). The average molecular weight is 743 g/mol. The summed E-state index contributed by atoms with van der Waals surface area (Å²) < 4.78 is 10.4. The van der Waals surface area contributed by atoms with Crippen LogP contribution in [-0.4, -0.2) is 116 Å². The van der Waals surface area contributed by atoms with Crippen molar-refractivity contribution in [3.05, 3.63) is 41.5 Å². The van der Waals surface area contributed by atoms with E-state index in [1.807, 2.05) is 0 Å². The number of nitrogens with one attached hydrogen (secondary N) is 3. The number of carboxylic acids is 1. The summed E-state index contributed by atoms with van der Waals surface area (Å²) in [4.78, 5) is 86.7. The summed E-state index contributed by atoms with van der Waals surface area (Å²) in [6.07, 6.45) is -4.71. The summed E-state index contributed by atoms with van der Waals surface area (Å²) in [5.74, 6) is 0.508. The Bertz CT molecular complexity index is 1630. The Morgan fingerprint density at radius 3 is 2.23 bits per heavy atom. The number of nitrogens with zero attached hydrogens (tertiary/aromatic N) is 1. The number of ether oxygens (including phenoxy) is 2. The van der Waals surface area contributed by atoms with E-state index in [2.05, 4.69) is 27.8 Å². The second kappa shape index (κ2) is 19.6. The van der Waals surface area contributed by atoms with Crippen molar-refractivity contribution in [3.63, 3.8) is 0 Å². The van der Waals surface area contributed by atoms with Gasteiger partial charge in [0, 0.05) is 48.4 Å². The number of carbonyl (C=O) groups excluding carboxylic acids is 6. The number of benzene rings is 1. The van der Waals surface area contributed by atoms with E-state index in [0.717, 1.165) is 4.90 Å². The van der Waals surface area contributed by atoms with Crippen molar-refractivity contribution in [2.75, 3.05) is 11.9 Å². The van der Waals surface area contributed by atoms with Crippen molar-refractivity contribution in [1.82, 2.24) is 15.5 Å². The van der Waals surface area contributed by atoms with Crippen LogP contribution in [-0.2, 0) is 49.6 Å². The van der Waals surface area contributed by atoms with Crippen molar-refractivity contribution in [3.8, 4) is 11.8 Å². The minimum atomic E-state index is -1.90. The van der Waals surface area contributed by atoms with Crippen molar-refractivity contribution in [2.45, 2.75) is 109 Å². The number of carboxylic acid groups (broad SMARTS) is 1. The van der Waals surface area contributed by atoms with Crippen molar-refractivity contribution in [2.24, 2.45) is 5.92 Å². The first-order chi connectivity index (χ1) is 25.0. The topological polar surface area (TPSA) is 258 Å². The van der Waals surface area contributed by atoms with Gasteiger partial charge in [0.15, 0.2) is 6.10 Å². The molecule has 0 saturated carbocycles. The summed E-state index contributed by atoms with van der Waals surface area (Å²) in [5.41, 5.74) is 0.770. The Morgan fingerprint density at radius 1 is 0.925 bits per heavy atom. The van der Waals surface area contributed by atoms with Gasteiger partial charge < -0.3 is 45.9 Å². The van der Waals surface area contributed by atoms with Crippen LogP contribution in [0.2, 0.25) is 0 Å². The Balaban J connectivity index is 1.63. The minimum absolute atomic E-state index is 0.102. The molecule has 0 aromatic heterocycles. The van der Waals surface area contributed by atoms with Crippen LogP contribution in [0.15, 0.2) is 30.4 Å². The van der Waals surface area contributed by atoms with Crippen LogP contribution < -0.4 is 16.0 Å². The van der Waals surface area contributed by atoms with E-state index in [9.17, 15) is 54.0 Å². The lowest BCUT2D eigenvalue weighted by Crippen LogP contribution is -2.59. The number of esters is 1. The molecule has 17 nitrogen and oxygen atoms in total. The van der Waals surface area contributed by atoms with Gasteiger partial charge in [-0.3, -0.25) is 33.7 Å². The number of aliphatic hydroxyl groups is 3. The van der Waals surface area contributed by atoms with Crippen LogP contribution in [0.1, 0.15) is 70.9 Å². The Labute approximate surface area is 306 Å². The summed E-state index contributed by atoms with van der Waals surface area (Å²) in [6.45, 7) is 6.55. The zero-order valence-corrected chi connectivity index (χ0v) is 29.9. The van der Waals surface area contributed by atoms with E-state index >= 15 is 0 Å². The van der Waals surface area contributed by atoms with E-state index in [4.69, 9.17) is 9.47 Å². The number of imide groups is 1. The van der Waals surface area contributed by atoms with Gasteiger partial charge in [-0.2, -0.15) is 0 Å². The fraction of sp³-hybridized carbons (Fsp3) is 0.528. The Hall–Kier alpha value is -5.15. The zero-order valence-electron chi connectivity index (χ0n) is 29.9. The monoisotopic (exact) mass is 742 g/mol. The zero-order chi connectivity index (χ0) is 39.4. The maximum Gasteiger partial charge on any atom is 0.335 e. The van der Waals surface area contributed by atoms with Crippen molar-refractivity contribution < 1.29 is 63.5 Å². The fourth-order valence-corrected chi connectivity index (χ4v) is 5.29. The first-order valence-electron chi connectivity index (χ1n) is 17.2. The highest BCUT2D eigenvalue weighted by Gasteiger charge is 2.46. The third-order valence-electron chi connectivity index (χ3n) is 8.46. The molecule has 1 saturated heterocycles. The maximum atomic E-state index is 13.2. The van der Waals surface area contributed by atoms with Crippen molar-refractivity contribution in [1.29, 1.82) is 0 Å². The first-order valence-corrected chi connectivity index (χ1v) is 17.2. The van der Waals surface area contributed by atoms with Crippen molar-refractivity contribution >= 4 is 47.2 Å². The predicted molar refractivity (Wildman–Crippen MR) is 185 cm³/mol. The number of carbonyl (C=O) groups is 7. The van der Waals surface area contributed by atoms with E-state index in [1.54, 1.807) is 20.8 Å². The molecule has 1 aromatic rings. The Kier molecular flexibility index (Phi) is 15.6. The number of amides is 5. The van der Waals surface area contributed by atoms with Gasteiger partial charge in [0.1, 0.15) is 43.1 Å². The van der Waals surface area contributed by atoms with Crippen LogP contribution >= 0.6 is 0 Å². The summed E-state index contributed by atoms with van der Waals surface area (Å²) >= 11 is 0. The third kappa shape index (κ3) is 11.9. The molecule has 17 heteroatoms. The molecule has 53 heavy (non-hydrogen) atoms. The molecule has 0 spiro atoms. The van der Waals surface area contributed by atoms with Gasteiger partial charge in [0.25, 0.3) is 11.8 Å². The van der Waals surface area contributed by atoms with Gasteiger partial charge in [0.2, 0.25) is 17.7 Å². The molecule has 288 valence electrons. The van der Waals surface area contributed by atoms with Gasteiger partial charge in [-0.15, -0.1) is 0 Å². The SMILES string of the molecule is CCC(=O)OCc1ccc(NC(=O)[C@H](C)NC(=O)[C@@H](NC(=O)CCCCCN2C(=O)C=CC2=O)C(C)C)cc1C#CC1O[C@H](C(=O)O)[C@@H](O)[C@H](O)[C@H]1O. The summed E-state index contributed by atoms with van der Waals surface area (Å²) in [6, 6.07) is 2.40. The number of anilines is 1. The number of hydrogen-bond donors (Lipinski definition) is 7. The van der Waals surface area contributed by atoms with Crippen LogP contribution in [0.25, 0.3) is 0 Å². The highest BCUT2D eigenvalue weighted by Crippen LogP contribution is 2.22. The quantitative estimate of drug-likeness (QED) is 0.0488. The van der Waals surface area contributed by atoms with E-state index in [-0.39, 0.29) is 60.9 Å². The van der Waals surface area contributed by atoms with E-state index in [0.29, 0.717) is 24.8 Å². The van der Waals surface area contributed by atoms with Gasteiger partial charge in [-0.1, -0.05) is 45.1 Å². The molecular formula is C36H46N4O13. The number of unbranched alkanes of at least 4 members (excludes halogenated alkanes) is 2. The standard InChI is InChI=1S/C36H46N4O13/c1-5-28(44)52-18-22-10-12-23(17-21(22)11-13-24-30(45)31(46)32(47)33(53-24)36(50)51)38-34(48)20(4)37-35(49)29(19(2)3)39-25(41)9-7-6-8-16-40-26(42)14-15-27(40)43/h10,12,14-15,17,19-20,24,29-33,45-47H,5-9,16,18H2,1-4H3,(H,37,49)(H,38,48)(H,39,41)(H,50,51)/t20-,24?,29-,30-,31+,32-,33-/m0/s1. The largest absolute Gasteiger partial charge is 0.479 e. The second-order valence-corrected chi connectivity index (χ2v) is 12.9. The minimum Gasteiger partial charge on any atom is -0.479 e. The molecule has 5 amide bonds. The summed E-state index contributed by atoms with van der Waals surface area (Å²) in [5, 5.41) is 47.7. The smallest absolute Gasteiger partial charge is 0.335 e. The number of hydrogen-bond acceptors (Lipinski definition) is 12. The van der Waals surface area contributed by atoms with Crippen LogP contribution in [0, 0.1) is 17.8 Å². The van der Waals surface area contributed by atoms with Crippen LogP contribution in [0.4, 0.5) is 5.69 Å². The number of rotatable bonds is 16. The van der Waals surface area contributed by atoms with Gasteiger partial charge in [-0.05, 0) is 37.8 Å². The molecule has 2 heterocycles. The maximum absolute atomic E-state index is 13.2. The lowest BCUT2D eigenvalue weighted by atomic mass is 9.95. The molecular weight excluding hydrogens is 696 g/mol. The van der Waals surface area contributed by atoms with Gasteiger partial charge in [-0.25, -0.2) is 4.79 Å².